The van der Waals surface area contributed by atoms with Gasteiger partial charge in [-0.2, -0.15) is 4.31 Å². The fourth-order valence-electron chi connectivity index (χ4n) is 2.40. The van der Waals surface area contributed by atoms with E-state index in [1.54, 1.807) is 27.1 Å². The Morgan fingerprint density at radius 1 is 1.05 bits per heavy atom. The molecular weight excluding hydrogens is 298 g/mol. The molecule has 0 bridgehead atoms. The third-order valence-corrected chi connectivity index (χ3v) is 5.57. The van der Waals surface area contributed by atoms with E-state index in [9.17, 15) is 8.42 Å². The Labute approximate surface area is 132 Å². The second kappa shape index (κ2) is 6.50. The average molecular weight is 319 g/mol. The van der Waals surface area contributed by atoms with Gasteiger partial charge in [-0.15, -0.1) is 0 Å². The van der Waals surface area contributed by atoms with E-state index >= 15 is 0 Å². The molecule has 2 aromatic rings. The third kappa shape index (κ3) is 3.31. The van der Waals surface area contributed by atoms with E-state index in [4.69, 9.17) is 4.74 Å². The molecule has 0 aromatic heterocycles. The van der Waals surface area contributed by atoms with Crippen molar-refractivity contribution in [2.24, 2.45) is 0 Å². The topological polar surface area (TPSA) is 46.6 Å². The fourth-order valence-corrected chi connectivity index (χ4v) is 3.78. The van der Waals surface area contributed by atoms with Gasteiger partial charge in [0, 0.05) is 19.7 Å². The Morgan fingerprint density at radius 3 is 2.27 bits per heavy atom. The van der Waals surface area contributed by atoms with Crippen molar-refractivity contribution >= 4 is 10.0 Å². The summed E-state index contributed by atoms with van der Waals surface area (Å²) in [7, 11) is -0.429. The summed E-state index contributed by atoms with van der Waals surface area (Å²) in [4.78, 5) is 0.286. The zero-order valence-corrected chi connectivity index (χ0v) is 14.1. The SMILES string of the molecule is COc1cc(S(=O)(=O)N(C)Cc2ccccc2)c(C)cc1C. The predicted octanol–water partition coefficient (Wildman–Crippen LogP) is 3.13. The van der Waals surface area contributed by atoms with E-state index in [0.717, 1.165) is 16.7 Å². The van der Waals surface area contributed by atoms with Gasteiger partial charge >= 0.3 is 0 Å². The van der Waals surface area contributed by atoms with Crippen molar-refractivity contribution in [2.45, 2.75) is 25.3 Å². The van der Waals surface area contributed by atoms with Crippen LogP contribution in [0.15, 0.2) is 47.4 Å². The van der Waals surface area contributed by atoms with E-state index in [1.165, 1.54) is 4.31 Å². The molecule has 0 unspecified atom stereocenters. The largest absolute Gasteiger partial charge is 0.496 e. The van der Waals surface area contributed by atoms with E-state index in [-0.39, 0.29) is 4.90 Å². The van der Waals surface area contributed by atoms with Crippen molar-refractivity contribution in [3.8, 4) is 5.75 Å². The third-order valence-electron chi connectivity index (χ3n) is 3.63. The van der Waals surface area contributed by atoms with Gasteiger partial charge in [-0.1, -0.05) is 36.4 Å². The van der Waals surface area contributed by atoms with Gasteiger partial charge in [-0.05, 0) is 30.5 Å². The number of rotatable bonds is 5. The summed E-state index contributed by atoms with van der Waals surface area (Å²) in [6, 6.07) is 13.0. The molecule has 0 heterocycles. The zero-order valence-electron chi connectivity index (χ0n) is 13.3. The van der Waals surface area contributed by atoms with Crippen LogP contribution >= 0.6 is 0 Å². The second-order valence-electron chi connectivity index (χ2n) is 5.33. The number of ether oxygens (including phenoxy) is 1. The monoisotopic (exact) mass is 319 g/mol. The van der Waals surface area contributed by atoms with Crippen LogP contribution in [0, 0.1) is 13.8 Å². The highest BCUT2D eigenvalue weighted by Crippen LogP contribution is 2.28. The molecule has 0 saturated carbocycles. The van der Waals surface area contributed by atoms with Gasteiger partial charge in [0.1, 0.15) is 5.75 Å². The lowest BCUT2D eigenvalue weighted by Crippen LogP contribution is -2.27. The standard InChI is InChI=1S/C17H21NO3S/c1-13-10-14(2)17(11-16(13)21-4)22(19,20)18(3)12-15-8-6-5-7-9-15/h5-11H,12H2,1-4H3. The molecule has 0 fully saturated rings. The maximum Gasteiger partial charge on any atom is 0.243 e. The fraction of sp³-hybridized carbons (Fsp3) is 0.294. The van der Waals surface area contributed by atoms with Crippen molar-refractivity contribution in [1.82, 2.24) is 4.31 Å². The lowest BCUT2D eigenvalue weighted by atomic mass is 10.1. The minimum Gasteiger partial charge on any atom is -0.496 e. The first kappa shape index (κ1) is 16.5. The minimum atomic E-state index is -3.56. The summed E-state index contributed by atoms with van der Waals surface area (Å²) >= 11 is 0. The maximum atomic E-state index is 12.8. The average Bonchev–Trinajstić information content (AvgIpc) is 2.48. The van der Waals surface area contributed by atoms with Crippen LogP contribution in [0.3, 0.4) is 0 Å². The summed E-state index contributed by atoms with van der Waals surface area (Å²) in [5.41, 5.74) is 2.59. The Balaban J connectivity index is 2.38. The molecule has 0 N–H and O–H groups in total. The number of hydrogen-bond acceptors (Lipinski definition) is 3. The Hall–Kier alpha value is -1.85. The van der Waals surface area contributed by atoms with Crippen LogP contribution in [0.2, 0.25) is 0 Å². The van der Waals surface area contributed by atoms with Gasteiger partial charge in [0.25, 0.3) is 0 Å². The molecule has 0 radical (unpaired) electrons. The van der Waals surface area contributed by atoms with Gasteiger partial charge in [-0.25, -0.2) is 8.42 Å². The molecule has 5 heteroatoms. The molecule has 0 atom stereocenters. The van der Waals surface area contributed by atoms with Gasteiger partial charge < -0.3 is 4.74 Å². The van der Waals surface area contributed by atoms with Crippen LogP contribution in [0.1, 0.15) is 16.7 Å². The van der Waals surface area contributed by atoms with E-state index < -0.39 is 10.0 Å². The summed E-state index contributed by atoms with van der Waals surface area (Å²) < 4.78 is 32.2. The number of methoxy groups -OCH3 is 1. The van der Waals surface area contributed by atoms with Gasteiger partial charge in [0.15, 0.2) is 0 Å². The summed E-state index contributed by atoms with van der Waals surface area (Å²) in [5, 5.41) is 0. The second-order valence-corrected chi connectivity index (χ2v) is 7.35. The van der Waals surface area contributed by atoms with Crippen molar-refractivity contribution in [2.75, 3.05) is 14.2 Å². The summed E-state index contributed by atoms with van der Waals surface area (Å²) in [6.45, 7) is 4.03. The lowest BCUT2D eigenvalue weighted by Gasteiger charge is -2.20. The van der Waals surface area contributed by atoms with Crippen LogP contribution in [0.4, 0.5) is 0 Å². The Morgan fingerprint density at radius 2 is 1.68 bits per heavy atom. The van der Waals surface area contributed by atoms with Crippen molar-refractivity contribution in [3.63, 3.8) is 0 Å². The number of benzene rings is 2. The Bertz CT molecular complexity index is 755. The molecule has 2 aromatic carbocycles. The van der Waals surface area contributed by atoms with Crippen LogP contribution in [0.5, 0.6) is 5.75 Å². The molecule has 0 aliphatic heterocycles. The normalized spacial score (nSPS) is 11.7. The molecule has 22 heavy (non-hydrogen) atoms. The lowest BCUT2D eigenvalue weighted by molar-refractivity contribution is 0.409. The Kier molecular flexibility index (Phi) is 4.88. The van der Waals surface area contributed by atoms with Crippen molar-refractivity contribution in [3.05, 3.63) is 59.2 Å². The minimum absolute atomic E-state index is 0.286. The molecule has 4 nitrogen and oxygen atoms in total. The molecule has 118 valence electrons. The smallest absolute Gasteiger partial charge is 0.243 e. The highest BCUT2D eigenvalue weighted by Gasteiger charge is 2.24. The van der Waals surface area contributed by atoms with Crippen LogP contribution in [-0.4, -0.2) is 26.9 Å². The van der Waals surface area contributed by atoms with Crippen molar-refractivity contribution < 1.29 is 13.2 Å². The van der Waals surface area contributed by atoms with Gasteiger partial charge in [0.2, 0.25) is 10.0 Å². The van der Waals surface area contributed by atoms with E-state index in [0.29, 0.717) is 12.3 Å². The molecule has 0 aliphatic rings. The molecule has 0 amide bonds. The van der Waals surface area contributed by atoms with Gasteiger partial charge in [-0.3, -0.25) is 0 Å². The molecular formula is C17H21NO3S. The predicted molar refractivity (Wildman–Crippen MR) is 87.6 cm³/mol. The number of nitrogens with zero attached hydrogens (tertiary/aromatic N) is 1. The molecule has 0 saturated heterocycles. The number of sulfonamides is 1. The highest BCUT2D eigenvalue weighted by molar-refractivity contribution is 7.89. The molecule has 2 rings (SSSR count). The highest BCUT2D eigenvalue weighted by atomic mass is 32.2. The summed E-state index contributed by atoms with van der Waals surface area (Å²) in [6.07, 6.45) is 0. The van der Waals surface area contributed by atoms with E-state index in [2.05, 4.69) is 0 Å². The zero-order chi connectivity index (χ0) is 16.3. The number of hydrogen-bond donors (Lipinski definition) is 0. The van der Waals surface area contributed by atoms with Gasteiger partial charge in [0.05, 0.1) is 12.0 Å². The first-order chi connectivity index (χ1) is 10.4. The first-order valence-corrected chi connectivity index (χ1v) is 8.45. The van der Waals surface area contributed by atoms with Crippen molar-refractivity contribution in [1.29, 1.82) is 0 Å². The summed E-state index contributed by atoms with van der Waals surface area (Å²) in [5.74, 6) is 0.581. The number of aryl methyl sites for hydroxylation is 2. The van der Waals surface area contributed by atoms with Crippen LogP contribution in [-0.2, 0) is 16.6 Å². The molecule has 0 aliphatic carbocycles. The van der Waals surface area contributed by atoms with Crippen LogP contribution in [0.25, 0.3) is 0 Å². The van der Waals surface area contributed by atoms with E-state index in [1.807, 2.05) is 43.3 Å². The quantitative estimate of drug-likeness (QED) is 0.850. The van der Waals surface area contributed by atoms with Crippen LogP contribution < -0.4 is 4.74 Å². The molecule has 0 spiro atoms. The maximum absolute atomic E-state index is 12.8. The first-order valence-electron chi connectivity index (χ1n) is 7.01.